The monoisotopic (exact) mass is 531 g/mol. The molecule has 2 aliphatic heterocycles. The number of hydrogen-bond acceptors (Lipinski definition) is 3. The fourth-order valence-electron chi connectivity index (χ4n) is 4.89. The van der Waals surface area contributed by atoms with Gasteiger partial charge in [-0.1, -0.05) is 12.5 Å². The van der Waals surface area contributed by atoms with Crippen molar-refractivity contribution in [1.29, 1.82) is 0 Å². The molecule has 2 N–H and O–H groups in total. The van der Waals surface area contributed by atoms with E-state index < -0.39 is 0 Å². The maximum Gasteiger partial charge on any atom is 0.191 e. The molecular weight excluding hydrogens is 492 g/mol. The SMILES string of the molecule is CCNC(=NCc1ccc(N(CC)CC)c(F)c1)NC1CC2CCCC(C1)N2C.I. The Morgan fingerprint density at radius 2 is 1.83 bits per heavy atom. The molecule has 1 aromatic carbocycles. The zero-order chi connectivity index (χ0) is 20.8. The van der Waals surface area contributed by atoms with Crippen LogP contribution in [0.5, 0.6) is 0 Å². The van der Waals surface area contributed by atoms with E-state index in [1.807, 2.05) is 30.9 Å². The summed E-state index contributed by atoms with van der Waals surface area (Å²) in [6.07, 6.45) is 6.30. The quantitative estimate of drug-likeness (QED) is 0.312. The van der Waals surface area contributed by atoms with Crippen LogP contribution in [-0.2, 0) is 6.54 Å². The first-order valence-electron chi connectivity index (χ1n) is 11.4. The average Bonchev–Trinajstić information content (AvgIpc) is 2.69. The summed E-state index contributed by atoms with van der Waals surface area (Å²) in [6, 6.07) is 7.33. The van der Waals surface area contributed by atoms with Crippen molar-refractivity contribution >= 4 is 35.6 Å². The Balaban J connectivity index is 0.00000320. The minimum Gasteiger partial charge on any atom is -0.370 e. The molecule has 2 bridgehead atoms. The minimum absolute atomic E-state index is 0. The van der Waals surface area contributed by atoms with E-state index in [-0.39, 0.29) is 29.8 Å². The van der Waals surface area contributed by atoms with Crippen molar-refractivity contribution in [2.45, 2.75) is 77.5 Å². The van der Waals surface area contributed by atoms with Crippen LogP contribution in [0.3, 0.4) is 0 Å². The lowest BCUT2D eigenvalue weighted by atomic mass is 9.82. The smallest absolute Gasteiger partial charge is 0.191 e. The first-order valence-corrected chi connectivity index (χ1v) is 11.4. The molecule has 0 aromatic heterocycles. The molecule has 2 atom stereocenters. The van der Waals surface area contributed by atoms with Gasteiger partial charge in [0.2, 0.25) is 0 Å². The van der Waals surface area contributed by atoms with Gasteiger partial charge < -0.3 is 20.4 Å². The number of benzene rings is 1. The van der Waals surface area contributed by atoms with Crippen LogP contribution in [0.15, 0.2) is 23.2 Å². The lowest BCUT2D eigenvalue weighted by Crippen LogP contribution is -2.56. The third-order valence-corrected chi connectivity index (χ3v) is 6.56. The molecule has 170 valence electrons. The van der Waals surface area contributed by atoms with E-state index in [1.165, 1.54) is 32.1 Å². The summed E-state index contributed by atoms with van der Waals surface area (Å²) < 4.78 is 14.6. The van der Waals surface area contributed by atoms with Crippen LogP contribution in [0.2, 0.25) is 0 Å². The van der Waals surface area contributed by atoms with Gasteiger partial charge in [-0.15, -0.1) is 24.0 Å². The van der Waals surface area contributed by atoms with E-state index in [1.54, 1.807) is 6.07 Å². The highest BCUT2D eigenvalue weighted by atomic mass is 127. The molecule has 2 unspecified atom stereocenters. The number of nitrogens with one attached hydrogen (secondary N) is 2. The van der Waals surface area contributed by atoms with E-state index >= 15 is 0 Å². The molecule has 3 rings (SSSR count). The Morgan fingerprint density at radius 3 is 2.40 bits per heavy atom. The average molecular weight is 532 g/mol. The normalized spacial score (nSPS) is 24.2. The Morgan fingerprint density at radius 1 is 1.17 bits per heavy atom. The highest BCUT2D eigenvalue weighted by Gasteiger charge is 2.36. The Labute approximate surface area is 198 Å². The number of halogens is 2. The van der Waals surface area contributed by atoms with E-state index in [0.717, 1.165) is 31.2 Å². The van der Waals surface area contributed by atoms with Crippen LogP contribution in [0, 0.1) is 5.82 Å². The highest BCUT2D eigenvalue weighted by Crippen LogP contribution is 2.32. The largest absolute Gasteiger partial charge is 0.370 e. The molecule has 0 saturated carbocycles. The molecule has 2 saturated heterocycles. The molecule has 5 nitrogen and oxygen atoms in total. The summed E-state index contributed by atoms with van der Waals surface area (Å²) in [5, 5.41) is 7.01. The summed E-state index contributed by atoms with van der Waals surface area (Å²) in [6.45, 7) is 9.08. The summed E-state index contributed by atoms with van der Waals surface area (Å²) in [7, 11) is 2.28. The summed E-state index contributed by atoms with van der Waals surface area (Å²) >= 11 is 0. The predicted molar refractivity (Wildman–Crippen MR) is 136 cm³/mol. The van der Waals surface area contributed by atoms with Gasteiger partial charge in [0.25, 0.3) is 0 Å². The highest BCUT2D eigenvalue weighted by molar-refractivity contribution is 14.0. The number of piperidine rings is 2. The summed E-state index contributed by atoms with van der Waals surface area (Å²) in [5.41, 5.74) is 1.57. The van der Waals surface area contributed by atoms with E-state index in [2.05, 4.69) is 29.5 Å². The Bertz CT molecular complexity index is 680. The molecule has 2 fully saturated rings. The number of anilines is 1. The molecule has 2 aliphatic rings. The van der Waals surface area contributed by atoms with Crippen molar-refractivity contribution in [3.05, 3.63) is 29.6 Å². The number of fused-ring (bicyclic) bond motifs is 2. The second kappa shape index (κ2) is 12.1. The second-order valence-corrected chi connectivity index (χ2v) is 8.37. The molecule has 0 spiro atoms. The number of rotatable bonds is 7. The fourth-order valence-corrected chi connectivity index (χ4v) is 4.89. The third-order valence-electron chi connectivity index (χ3n) is 6.56. The predicted octanol–water partition coefficient (Wildman–Crippen LogP) is 4.36. The van der Waals surface area contributed by atoms with E-state index in [4.69, 9.17) is 4.99 Å². The molecular formula is C23H39FIN5. The van der Waals surface area contributed by atoms with Crippen molar-refractivity contribution in [3.8, 4) is 0 Å². The van der Waals surface area contributed by atoms with Gasteiger partial charge in [-0.2, -0.15) is 0 Å². The van der Waals surface area contributed by atoms with Crippen LogP contribution in [0.4, 0.5) is 10.1 Å². The number of aliphatic imine (C=N–C) groups is 1. The first-order chi connectivity index (χ1) is 14.0. The van der Waals surface area contributed by atoms with Crippen molar-refractivity contribution in [1.82, 2.24) is 15.5 Å². The summed E-state index contributed by atoms with van der Waals surface area (Å²) in [5.74, 6) is 0.677. The molecule has 2 heterocycles. The van der Waals surface area contributed by atoms with Crippen LogP contribution >= 0.6 is 24.0 Å². The zero-order valence-electron chi connectivity index (χ0n) is 19.0. The lowest BCUT2D eigenvalue weighted by Gasteiger charge is -2.47. The molecule has 0 aliphatic carbocycles. The minimum atomic E-state index is -0.164. The Hall–Kier alpha value is -1.09. The number of nitrogens with zero attached hydrogens (tertiary/aromatic N) is 3. The number of guanidine groups is 1. The zero-order valence-corrected chi connectivity index (χ0v) is 21.3. The Kier molecular flexibility index (Phi) is 10.1. The van der Waals surface area contributed by atoms with Crippen molar-refractivity contribution < 1.29 is 4.39 Å². The fraction of sp³-hybridized carbons (Fsp3) is 0.696. The van der Waals surface area contributed by atoms with Crippen LogP contribution < -0.4 is 15.5 Å². The van der Waals surface area contributed by atoms with Gasteiger partial charge in [-0.05, 0) is 71.2 Å². The van der Waals surface area contributed by atoms with Crippen LogP contribution in [-0.4, -0.2) is 55.7 Å². The van der Waals surface area contributed by atoms with Crippen molar-refractivity contribution in [3.63, 3.8) is 0 Å². The van der Waals surface area contributed by atoms with Crippen molar-refractivity contribution in [2.75, 3.05) is 31.6 Å². The van der Waals surface area contributed by atoms with Crippen molar-refractivity contribution in [2.24, 2.45) is 4.99 Å². The van der Waals surface area contributed by atoms with Crippen LogP contribution in [0.1, 0.15) is 58.4 Å². The first kappa shape index (κ1) is 25.2. The molecule has 7 heteroatoms. The van der Waals surface area contributed by atoms with Gasteiger partial charge in [0.05, 0.1) is 12.2 Å². The standard InChI is InChI=1S/C23H38FN5.HI/c1-5-25-23(27-18-14-19-9-8-10-20(15-18)28(19)4)26-16-17-11-12-22(21(24)13-17)29(6-2)7-3;/h11-13,18-20H,5-10,14-16H2,1-4H3,(H2,25,26,27);1H. The molecule has 1 aromatic rings. The molecule has 0 radical (unpaired) electrons. The molecule has 30 heavy (non-hydrogen) atoms. The van der Waals surface area contributed by atoms with Crippen LogP contribution in [0.25, 0.3) is 0 Å². The maximum atomic E-state index is 14.6. The van der Waals surface area contributed by atoms with Gasteiger partial charge in [0.15, 0.2) is 5.96 Å². The van der Waals surface area contributed by atoms with Gasteiger partial charge in [0, 0.05) is 37.8 Å². The maximum absolute atomic E-state index is 14.6. The van der Waals surface area contributed by atoms with E-state index in [0.29, 0.717) is 30.4 Å². The van der Waals surface area contributed by atoms with Gasteiger partial charge in [0.1, 0.15) is 5.82 Å². The second-order valence-electron chi connectivity index (χ2n) is 8.37. The van der Waals surface area contributed by atoms with Gasteiger partial charge >= 0.3 is 0 Å². The third kappa shape index (κ3) is 6.22. The lowest BCUT2D eigenvalue weighted by molar-refractivity contribution is 0.0526. The topological polar surface area (TPSA) is 42.9 Å². The number of hydrogen-bond donors (Lipinski definition) is 2. The summed E-state index contributed by atoms with van der Waals surface area (Å²) in [4.78, 5) is 9.36. The van der Waals surface area contributed by atoms with E-state index in [9.17, 15) is 4.39 Å². The van der Waals surface area contributed by atoms with Gasteiger partial charge in [-0.3, -0.25) is 0 Å². The molecule has 0 amide bonds. The van der Waals surface area contributed by atoms with Gasteiger partial charge in [-0.25, -0.2) is 9.38 Å².